The summed E-state index contributed by atoms with van der Waals surface area (Å²) in [6.07, 6.45) is 3.90. The molecule has 198 valence electrons. The third-order valence-corrected chi connectivity index (χ3v) is 7.63. The van der Waals surface area contributed by atoms with Gasteiger partial charge >= 0.3 is 5.97 Å². The number of nitrogens with zero attached hydrogens (tertiary/aromatic N) is 1. The molecule has 0 aromatic heterocycles. The third kappa shape index (κ3) is 5.49. The quantitative estimate of drug-likeness (QED) is 0.467. The van der Waals surface area contributed by atoms with Crippen molar-refractivity contribution < 1.29 is 23.8 Å². The van der Waals surface area contributed by atoms with Crippen LogP contribution in [0, 0.1) is 25.1 Å². The first-order valence-electron chi connectivity index (χ1n) is 13.0. The van der Waals surface area contributed by atoms with Crippen LogP contribution in [0.15, 0.2) is 30.3 Å². The Balaban J connectivity index is 1.87. The molecule has 2 aromatic rings. The van der Waals surface area contributed by atoms with Gasteiger partial charge in [0.05, 0.1) is 5.60 Å². The van der Waals surface area contributed by atoms with Gasteiger partial charge in [0, 0.05) is 24.2 Å². The molecule has 1 aliphatic heterocycles. The summed E-state index contributed by atoms with van der Waals surface area (Å²) in [6.45, 7) is 14.8. The van der Waals surface area contributed by atoms with Gasteiger partial charge in [-0.3, -0.25) is 4.79 Å². The molecule has 0 bridgehead atoms. The fourth-order valence-corrected chi connectivity index (χ4v) is 5.60. The smallest absolute Gasteiger partial charge is 0.337 e. The van der Waals surface area contributed by atoms with E-state index in [1.165, 1.54) is 18.2 Å². The highest BCUT2D eigenvalue weighted by Gasteiger charge is 2.37. The average Bonchev–Trinajstić information content (AvgIpc) is 3.25. The number of carboxylic acids is 1. The van der Waals surface area contributed by atoms with Crippen LogP contribution >= 0.6 is 0 Å². The number of ether oxygens (including phenoxy) is 1. The number of hydrogen-bond donors (Lipinski definition) is 1. The Morgan fingerprint density at radius 1 is 1.11 bits per heavy atom. The lowest BCUT2D eigenvalue weighted by Crippen LogP contribution is -2.29. The maximum Gasteiger partial charge on any atom is 0.337 e. The Morgan fingerprint density at radius 3 is 2.30 bits per heavy atom. The zero-order valence-electron chi connectivity index (χ0n) is 23.0. The number of carboxylic acid groups (broad SMARTS) is 1. The Morgan fingerprint density at radius 2 is 1.76 bits per heavy atom. The molecule has 0 saturated heterocycles. The van der Waals surface area contributed by atoms with E-state index in [-0.39, 0.29) is 11.3 Å². The van der Waals surface area contributed by atoms with Crippen molar-refractivity contribution in [2.24, 2.45) is 5.41 Å². The molecule has 1 aliphatic carbocycles. The van der Waals surface area contributed by atoms with Crippen LogP contribution in [-0.4, -0.2) is 27.5 Å². The molecule has 2 aromatic carbocycles. The monoisotopic (exact) mass is 507 g/mol. The second-order valence-electron chi connectivity index (χ2n) is 12.2. The molecule has 4 rings (SSSR count). The van der Waals surface area contributed by atoms with Crippen LogP contribution < -0.4 is 0 Å². The van der Waals surface area contributed by atoms with Crippen molar-refractivity contribution in [3.05, 3.63) is 75.1 Å². The van der Waals surface area contributed by atoms with E-state index in [1.54, 1.807) is 11.0 Å². The van der Waals surface area contributed by atoms with Crippen molar-refractivity contribution in [3.63, 3.8) is 0 Å². The van der Waals surface area contributed by atoms with Gasteiger partial charge in [0.2, 0.25) is 0 Å². The van der Waals surface area contributed by atoms with Crippen molar-refractivity contribution in [3.8, 4) is 0 Å². The molecule has 0 spiro atoms. The summed E-state index contributed by atoms with van der Waals surface area (Å²) in [5.74, 6) is -1.71. The summed E-state index contributed by atoms with van der Waals surface area (Å²) in [7, 11) is 0. The molecule has 37 heavy (non-hydrogen) atoms. The molecule has 1 atom stereocenters. The molecule has 0 saturated carbocycles. The number of allylic oxidation sites excluding steroid dienone is 2. The normalized spacial score (nSPS) is 17.8. The molecule has 5 nitrogen and oxygen atoms in total. The van der Waals surface area contributed by atoms with Crippen molar-refractivity contribution in [1.29, 1.82) is 0 Å². The minimum Gasteiger partial charge on any atom is -0.479 e. The van der Waals surface area contributed by atoms with Crippen molar-refractivity contribution in [2.75, 3.05) is 0 Å². The van der Waals surface area contributed by atoms with Crippen molar-refractivity contribution in [2.45, 2.75) is 92.5 Å². The van der Waals surface area contributed by atoms with Gasteiger partial charge in [-0.15, -0.1) is 0 Å². The van der Waals surface area contributed by atoms with Crippen LogP contribution in [0.5, 0.6) is 0 Å². The van der Waals surface area contributed by atoms with E-state index in [4.69, 9.17) is 4.74 Å². The summed E-state index contributed by atoms with van der Waals surface area (Å²) in [5.41, 5.74) is 6.48. The second-order valence-corrected chi connectivity index (χ2v) is 12.2. The topological polar surface area (TPSA) is 66.8 Å². The summed E-state index contributed by atoms with van der Waals surface area (Å²) >= 11 is 0. The molecule has 0 fully saturated rings. The van der Waals surface area contributed by atoms with Crippen molar-refractivity contribution >= 4 is 17.4 Å². The molecule has 1 amide bonds. The zero-order valence-corrected chi connectivity index (χ0v) is 23.0. The molecular weight excluding hydrogens is 469 g/mol. The summed E-state index contributed by atoms with van der Waals surface area (Å²) in [5, 5.41) is 10.3. The Labute approximate surface area is 219 Å². The number of carbonyl (C=O) groups is 2. The fourth-order valence-electron chi connectivity index (χ4n) is 5.60. The van der Waals surface area contributed by atoms with Crippen molar-refractivity contribution in [1.82, 2.24) is 4.90 Å². The van der Waals surface area contributed by atoms with Crippen LogP contribution in [-0.2, 0) is 22.6 Å². The van der Waals surface area contributed by atoms with Gasteiger partial charge in [-0.2, -0.15) is 0 Å². The average molecular weight is 508 g/mol. The van der Waals surface area contributed by atoms with Gasteiger partial charge in [0.1, 0.15) is 5.82 Å². The van der Waals surface area contributed by atoms with Crippen LogP contribution in [0.4, 0.5) is 4.39 Å². The summed E-state index contributed by atoms with van der Waals surface area (Å²) < 4.78 is 20.0. The Kier molecular flexibility index (Phi) is 7.10. The van der Waals surface area contributed by atoms with E-state index in [1.807, 2.05) is 34.6 Å². The van der Waals surface area contributed by atoms with Gasteiger partial charge < -0.3 is 14.7 Å². The van der Waals surface area contributed by atoms with Gasteiger partial charge in [0.25, 0.3) is 5.91 Å². The lowest BCUT2D eigenvalue weighted by molar-refractivity contribution is -0.160. The Bertz CT molecular complexity index is 1290. The van der Waals surface area contributed by atoms with Gasteiger partial charge in [-0.1, -0.05) is 26.0 Å². The molecule has 1 N–H and O–H groups in total. The lowest BCUT2D eigenvalue weighted by Gasteiger charge is -2.33. The third-order valence-electron chi connectivity index (χ3n) is 7.63. The highest BCUT2D eigenvalue weighted by atomic mass is 19.1. The first-order chi connectivity index (χ1) is 17.2. The van der Waals surface area contributed by atoms with E-state index >= 15 is 0 Å². The predicted molar refractivity (Wildman–Crippen MR) is 143 cm³/mol. The maximum absolute atomic E-state index is 13.8. The summed E-state index contributed by atoms with van der Waals surface area (Å²) in [6, 6.07) is 5.74. The number of aliphatic carboxylic acids is 1. The van der Waals surface area contributed by atoms with Crippen LogP contribution in [0.25, 0.3) is 5.57 Å². The minimum atomic E-state index is -1.14. The second kappa shape index (κ2) is 9.71. The highest BCUT2D eigenvalue weighted by Crippen LogP contribution is 2.46. The first-order valence-corrected chi connectivity index (χ1v) is 13.0. The fraction of sp³-hybridized carbons (Fsp3) is 0.484. The number of carbonyl (C=O) groups excluding carboxylic acids is 1. The molecular formula is C31H38FNO4. The zero-order chi connectivity index (χ0) is 27.3. The van der Waals surface area contributed by atoms with Gasteiger partial charge in [0.15, 0.2) is 6.10 Å². The number of fused-ring (bicyclic) bond motifs is 1. The standard InChI is InChI=1S/C31H38FNO4/c1-18-23-16-33(28(34)21-9-8-10-22(32)15-21)17-24(23)19(2)26(27(29(35)36)37-30(3,4)5)25(18)20-11-13-31(6,7)14-12-20/h8-11,15,27H,12-14,16-17H2,1-7H3,(H,35,36). The van der Waals surface area contributed by atoms with Crippen LogP contribution in [0.3, 0.4) is 0 Å². The van der Waals surface area contributed by atoms with E-state index < -0.39 is 23.5 Å². The predicted octanol–water partition coefficient (Wildman–Crippen LogP) is 7.13. The van der Waals surface area contributed by atoms with Gasteiger partial charge in [-0.05, 0) is 111 Å². The number of benzene rings is 2. The number of halogens is 1. The Hall–Kier alpha value is -2.99. The molecule has 1 unspecified atom stereocenters. The number of amides is 1. The van der Waals surface area contributed by atoms with E-state index in [0.717, 1.165) is 52.7 Å². The van der Waals surface area contributed by atoms with E-state index in [9.17, 15) is 19.1 Å². The highest BCUT2D eigenvalue weighted by molar-refractivity contribution is 5.95. The van der Waals surface area contributed by atoms with Crippen LogP contribution in [0.2, 0.25) is 0 Å². The first kappa shape index (κ1) is 27.1. The molecule has 2 aliphatic rings. The SMILES string of the molecule is Cc1c2c(c(C)c(C(OC(C)(C)C)C(=O)O)c1C1=CCC(C)(C)CC1)CN(C(=O)c1cccc(F)c1)C2. The van der Waals surface area contributed by atoms with E-state index in [0.29, 0.717) is 24.2 Å². The van der Waals surface area contributed by atoms with E-state index in [2.05, 4.69) is 19.9 Å². The molecule has 1 heterocycles. The summed E-state index contributed by atoms with van der Waals surface area (Å²) in [4.78, 5) is 27.6. The maximum atomic E-state index is 13.8. The largest absolute Gasteiger partial charge is 0.479 e. The molecule has 0 radical (unpaired) electrons. The minimum absolute atomic E-state index is 0.200. The number of hydrogen-bond acceptors (Lipinski definition) is 3. The lowest BCUT2D eigenvalue weighted by atomic mass is 9.74. The molecule has 6 heteroatoms. The number of rotatable bonds is 5. The van der Waals surface area contributed by atoms with Crippen LogP contribution in [0.1, 0.15) is 104 Å². The van der Waals surface area contributed by atoms with Gasteiger partial charge in [-0.25, -0.2) is 9.18 Å².